The SMILES string of the molecule is CCO.O=[P+](O)O.O=[P+](O)O.[H-].[H-].[Na+].[Na+]. The third-order valence-corrected chi connectivity index (χ3v) is 0. The van der Waals surface area contributed by atoms with Gasteiger partial charge in [0.2, 0.25) is 0 Å². The summed E-state index contributed by atoms with van der Waals surface area (Å²) in [5.41, 5.74) is 0. The predicted molar refractivity (Wildman–Crippen MR) is 39.1 cm³/mol. The molecule has 11 heteroatoms. The van der Waals surface area contributed by atoms with Crippen LogP contribution in [0.25, 0.3) is 0 Å². The van der Waals surface area contributed by atoms with Crippen molar-refractivity contribution < 1.29 is 95.8 Å². The van der Waals surface area contributed by atoms with Crippen molar-refractivity contribution in [1.82, 2.24) is 0 Å². The van der Waals surface area contributed by atoms with E-state index in [1.807, 2.05) is 0 Å². The van der Waals surface area contributed by atoms with Crippen LogP contribution in [0.2, 0.25) is 0 Å². The predicted octanol–water partition coefficient (Wildman–Crippen LogP) is -6.51. The molecule has 0 heterocycles. The molecule has 0 aliphatic rings. The maximum atomic E-state index is 8.70. The summed E-state index contributed by atoms with van der Waals surface area (Å²) in [6.45, 7) is 1.93. The van der Waals surface area contributed by atoms with Crippen LogP contribution in [0.15, 0.2) is 0 Å². The van der Waals surface area contributed by atoms with E-state index in [-0.39, 0.29) is 68.6 Å². The number of aliphatic hydroxyl groups excluding tert-OH is 1. The van der Waals surface area contributed by atoms with Gasteiger partial charge in [-0.05, 0) is 6.92 Å². The van der Waals surface area contributed by atoms with Crippen LogP contribution < -0.4 is 59.1 Å². The van der Waals surface area contributed by atoms with Crippen LogP contribution >= 0.6 is 16.5 Å². The zero-order valence-electron chi connectivity index (χ0n) is 9.65. The molecule has 0 aliphatic carbocycles. The van der Waals surface area contributed by atoms with Crippen molar-refractivity contribution in [2.75, 3.05) is 6.61 Å². The van der Waals surface area contributed by atoms with Crippen molar-refractivity contribution in [3.8, 4) is 0 Å². The summed E-state index contributed by atoms with van der Waals surface area (Å²) in [4.78, 5) is 28.5. The minimum absolute atomic E-state index is 0. The van der Waals surface area contributed by atoms with Crippen molar-refractivity contribution >= 4 is 16.5 Å². The van der Waals surface area contributed by atoms with Gasteiger partial charge in [0.1, 0.15) is 0 Å². The minimum atomic E-state index is -2.87. The number of rotatable bonds is 0. The largest absolute Gasteiger partial charge is 1.00 e. The van der Waals surface area contributed by atoms with Gasteiger partial charge in [0, 0.05) is 15.7 Å². The van der Waals surface area contributed by atoms with E-state index in [1.165, 1.54) is 0 Å². The number of hydrogen-bond donors (Lipinski definition) is 5. The second kappa shape index (κ2) is 29.2. The Bertz CT molecular complexity index is 99.2. The molecule has 13 heavy (non-hydrogen) atoms. The fourth-order valence-corrected chi connectivity index (χ4v) is 0. The van der Waals surface area contributed by atoms with Crippen molar-refractivity contribution in [2.45, 2.75) is 6.92 Å². The zero-order valence-corrected chi connectivity index (χ0v) is 13.4. The first-order chi connectivity index (χ1) is 4.88. The van der Waals surface area contributed by atoms with Crippen LogP contribution in [0.5, 0.6) is 0 Å². The van der Waals surface area contributed by atoms with E-state index in [0.717, 1.165) is 0 Å². The average molecular weight is 256 g/mol. The molecule has 0 amide bonds. The molecule has 0 aromatic heterocycles. The van der Waals surface area contributed by atoms with Gasteiger partial charge in [0.25, 0.3) is 0 Å². The molecular formula is C2H12Na2O7P2+2. The molecule has 7 nitrogen and oxygen atoms in total. The fraction of sp³-hybridized carbons (Fsp3) is 1.00. The van der Waals surface area contributed by atoms with Gasteiger partial charge in [-0.25, -0.2) is 0 Å². The Balaban J connectivity index is -0.0000000114. The van der Waals surface area contributed by atoms with Gasteiger partial charge < -0.3 is 7.96 Å². The summed E-state index contributed by atoms with van der Waals surface area (Å²) in [6, 6.07) is 0. The molecule has 0 spiro atoms. The second-order valence-corrected chi connectivity index (χ2v) is 1.83. The number of aliphatic hydroxyl groups is 1. The van der Waals surface area contributed by atoms with Gasteiger partial charge in [0.15, 0.2) is 0 Å². The standard InChI is InChI=1S/C2H6O.2Na.2HO3P.2H/c1-2-3;;;2*1-4(2)3;;/h3H,2H2,1H3;;;2*(H-,1,2,3);;/q;2*+1;;;2*-1/p+2. The van der Waals surface area contributed by atoms with E-state index in [1.54, 1.807) is 6.92 Å². The fourth-order valence-electron chi connectivity index (χ4n) is 0. The van der Waals surface area contributed by atoms with Crippen LogP contribution in [0.1, 0.15) is 9.78 Å². The average Bonchev–Trinajstić information content (AvgIpc) is 1.60. The van der Waals surface area contributed by atoms with Crippen molar-refractivity contribution in [3.63, 3.8) is 0 Å². The monoisotopic (exact) mass is 256 g/mol. The van der Waals surface area contributed by atoms with Crippen LogP contribution in [-0.2, 0) is 9.13 Å². The van der Waals surface area contributed by atoms with Crippen LogP contribution in [-0.4, -0.2) is 31.3 Å². The molecule has 0 rings (SSSR count). The van der Waals surface area contributed by atoms with Crippen LogP contribution in [0, 0.1) is 0 Å². The van der Waals surface area contributed by atoms with E-state index in [9.17, 15) is 0 Å². The molecule has 0 aromatic carbocycles. The van der Waals surface area contributed by atoms with Gasteiger partial charge in [-0.15, -0.1) is 19.6 Å². The van der Waals surface area contributed by atoms with E-state index in [2.05, 4.69) is 0 Å². The topological polar surface area (TPSA) is 135 Å². The maximum absolute atomic E-state index is 8.70. The Morgan fingerprint density at radius 2 is 1.00 bits per heavy atom. The Kier molecular flexibility index (Phi) is 66.1. The third kappa shape index (κ3) is 504. The molecule has 0 atom stereocenters. The smallest absolute Gasteiger partial charge is 1.00 e. The van der Waals surface area contributed by atoms with E-state index in [4.69, 9.17) is 33.8 Å². The van der Waals surface area contributed by atoms with E-state index in [0.29, 0.717) is 0 Å². The zero-order chi connectivity index (χ0) is 9.86. The summed E-state index contributed by atoms with van der Waals surface area (Å²) in [5.74, 6) is 0. The van der Waals surface area contributed by atoms with Crippen LogP contribution in [0.4, 0.5) is 0 Å². The van der Waals surface area contributed by atoms with Crippen molar-refractivity contribution in [2.24, 2.45) is 0 Å². The van der Waals surface area contributed by atoms with Crippen molar-refractivity contribution in [1.29, 1.82) is 0 Å². The molecule has 0 radical (unpaired) electrons. The number of hydrogen-bond acceptors (Lipinski definition) is 3. The van der Waals surface area contributed by atoms with Gasteiger partial charge in [0.05, 0.1) is 0 Å². The first kappa shape index (κ1) is 29.4. The summed E-state index contributed by atoms with van der Waals surface area (Å²) < 4.78 is 17.4. The van der Waals surface area contributed by atoms with Gasteiger partial charge in [-0.3, -0.25) is 0 Å². The molecule has 72 valence electrons. The summed E-state index contributed by atoms with van der Waals surface area (Å²) in [7, 11) is -5.74. The van der Waals surface area contributed by atoms with E-state index < -0.39 is 16.5 Å². The second-order valence-electron chi connectivity index (χ2n) is 0.822. The molecule has 5 N–H and O–H groups in total. The molecule has 0 saturated heterocycles. The first-order valence-corrected chi connectivity index (χ1v) is 4.52. The van der Waals surface area contributed by atoms with Gasteiger partial charge >= 0.3 is 75.6 Å². The minimum Gasteiger partial charge on any atom is -1.00 e. The Hall–Kier alpha value is 2.00. The van der Waals surface area contributed by atoms with Crippen LogP contribution in [0.3, 0.4) is 0 Å². The quantitative estimate of drug-likeness (QED) is 0.215. The van der Waals surface area contributed by atoms with Gasteiger partial charge in [-0.2, -0.15) is 0 Å². The molecule has 0 fully saturated rings. The Morgan fingerprint density at radius 1 is 1.00 bits per heavy atom. The Labute approximate surface area is 125 Å². The molecule has 0 aliphatic heterocycles. The third-order valence-electron chi connectivity index (χ3n) is 0. The molecule has 0 unspecified atom stereocenters. The maximum Gasteiger partial charge on any atom is 1.00 e. The van der Waals surface area contributed by atoms with Gasteiger partial charge in [-0.1, -0.05) is 0 Å². The van der Waals surface area contributed by atoms with Crippen molar-refractivity contribution in [3.05, 3.63) is 0 Å². The normalized spacial score (nSPS) is 5.38. The molecule has 0 saturated carbocycles. The summed E-state index contributed by atoms with van der Waals surface area (Å²) >= 11 is 0. The molecular weight excluding hydrogens is 244 g/mol. The first-order valence-electron chi connectivity index (χ1n) is 2.19. The summed E-state index contributed by atoms with van der Waals surface area (Å²) in [6.07, 6.45) is 0. The molecule has 0 bridgehead atoms. The Morgan fingerprint density at radius 3 is 1.00 bits per heavy atom. The van der Waals surface area contributed by atoms with E-state index >= 15 is 0 Å². The summed E-state index contributed by atoms with van der Waals surface area (Å²) in [5, 5.41) is 7.57. The molecule has 0 aromatic rings.